The Labute approximate surface area is 67.2 Å². The topological polar surface area (TPSA) is 52.0 Å². The highest BCUT2D eigenvalue weighted by Gasteiger charge is 1.96. The van der Waals surface area contributed by atoms with E-state index in [0.717, 1.165) is 17.7 Å². The molecule has 0 amide bonds. The summed E-state index contributed by atoms with van der Waals surface area (Å²) >= 11 is 0. The largest absolute Gasteiger partial charge is 0.398 e. The standard InChI is InChI=1S/C9H14N2/c1-7-2-3-8(4-5-10)9(11)6-7/h2-3,6H,4-5,10-11H2,1H3. The van der Waals surface area contributed by atoms with Crippen molar-refractivity contribution in [2.24, 2.45) is 5.73 Å². The molecule has 0 aliphatic carbocycles. The zero-order chi connectivity index (χ0) is 8.27. The van der Waals surface area contributed by atoms with E-state index in [-0.39, 0.29) is 0 Å². The Hall–Kier alpha value is -1.02. The normalized spacial score (nSPS) is 10.0. The predicted octanol–water partition coefficient (Wildman–Crippen LogP) is 1.08. The number of benzene rings is 1. The first-order valence-corrected chi connectivity index (χ1v) is 3.79. The van der Waals surface area contributed by atoms with Crippen molar-refractivity contribution in [3.05, 3.63) is 29.3 Å². The number of hydrogen-bond donors (Lipinski definition) is 2. The molecule has 0 radical (unpaired) electrons. The minimum atomic E-state index is 0.660. The summed E-state index contributed by atoms with van der Waals surface area (Å²) in [5, 5.41) is 0. The van der Waals surface area contributed by atoms with E-state index in [1.165, 1.54) is 5.56 Å². The van der Waals surface area contributed by atoms with Crippen LogP contribution in [0.5, 0.6) is 0 Å². The van der Waals surface area contributed by atoms with Gasteiger partial charge in [-0.3, -0.25) is 0 Å². The Morgan fingerprint density at radius 1 is 1.36 bits per heavy atom. The predicted molar refractivity (Wildman–Crippen MR) is 48.3 cm³/mol. The molecular weight excluding hydrogens is 136 g/mol. The van der Waals surface area contributed by atoms with Gasteiger partial charge in [0.25, 0.3) is 0 Å². The van der Waals surface area contributed by atoms with Gasteiger partial charge in [-0.2, -0.15) is 0 Å². The zero-order valence-corrected chi connectivity index (χ0v) is 6.80. The van der Waals surface area contributed by atoms with Crippen molar-refractivity contribution in [1.29, 1.82) is 0 Å². The van der Waals surface area contributed by atoms with Gasteiger partial charge in [0.05, 0.1) is 0 Å². The Bertz CT molecular complexity index is 243. The van der Waals surface area contributed by atoms with Gasteiger partial charge in [-0.05, 0) is 37.1 Å². The number of hydrogen-bond acceptors (Lipinski definition) is 2. The van der Waals surface area contributed by atoms with Crippen molar-refractivity contribution in [2.75, 3.05) is 12.3 Å². The maximum absolute atomic E-state index is 5.75. The van der Waals surface area contributed by atoms with Gasteiger partial charge in [0.15, 0.2) is 0 Å². The third-order valence-corrected chi connectivity index (χ3v) is 1.72. The van der Waals surface area contributed by atoms with Crippen molar-refractivity contribution in [3.63, 3.8) is 0 Å². The van der Waals surface area contributed by atoms with Gasteiger partial charge in [0.1, 0.15) is 0 Å². The number of nitrogens with two attached hydrogens (primary N) is 2. The summed E-state index contributed by atoms with van der Waals surface area (Å²) in [6.45, 7) is 2.69. The lowest BCUT2D eigenvalue weighted by atomic mass is 10.1. The van der Waals surface area contributed by atoms with E-state index < -0.39 is 0 Å². The maximum Gasteiger partial charge on any atom is 0.0349 e. The highest BCUT2D eigenvalue weighted by Crippen LogP contribution is 2.13. The molecule has 0 aliphatic rings. The minimum Gasteiger partial charge on any atom is -0.398 e. The molecule has 0 aromatic heterocycles. The van der Waals surface area contributed by atoms with Crippen LogP contribution in [0.2, 0.25) is 0 Å². The Morgan fingerprint density at radius 3 is 2.64 bits per heavy atom. The molecule has 4 N–H and O–H groups in total. The third kappa shape index (κ3) is 1.95. The maximum atomic E-state index is 5.75. The van der Waals surface area contributed by atoms with E-state index in [1.807, 2.05) is 19.1 Å². The lowest BCUT2D eigenvalue weighted by Gasteiger charge is -2.03. The Kier molecular flexibility index (Phi) is 2.49. The summed E-state index contributed by atoms with van der Waals surface area (Å²) in [5.41, 5.74) is 14.4. The Balaban J connectivity index is 2.90. The number of anilines is 1. The van der Waals surface area contributed by atoms with Crippen LogP contribution in [0.1, 0.15) is 11.1 Å². The van der Waals surface area contributed by atoms with Crippen LogP contribution in [-0.2, 0) is 6.42 Å². The van der Waals surface area contributed by atoms with Gasteiger partial charge in [-0.1, -0.05) is 12.1 Å². The van der Waals surface area contributed by atoms with E-state index in [9.17, 15) is 0 Å². The van der Waals surface area contributed by atoms with Crippen LogP contribution in [0.3, 0.4) is 0 Å². The molecule has 0 fully saturated rings. The summed E-state index contributed by atoms with van der Waals surface area (Å²) in [4.78, 5) is 0. The first-order chi connectivity index (χ1) is 5.24. The van der Waals surface area contributed by atoms with Crippen molar-refractivity contribution in [2.45, 2.75) is 13.3 Å². The van der Waals surface area contributed by atoms with E-state index in [1.54, 1.807) is 0 Å². The minimum absolute atomic E-state index is 0.660. The van der Waals surface area contributed by atoms with Crippen molar-refractivity contribution in [3.8, 4) is 0 Å². The molecule has 11 heavy (non-hydrogen) atoms. The molecule has 2 heteroatoms. The molecule has 0 heterocycles. The molecule has 0 spiro atoms. The van der Waals surface area contributed by atoms with E-state index in [0.29, 0.717) is 6.54 Å². The van der Waals surface area contributed by atoms with Crippen molar-refractivity contribution >= 4 is 5.69 Å². The van der Waals surface area contributed by atoms with E-state index in [2.05, 4.69) is 6.07 Å². The van der Waals surface area contributed by atoms with E-state index in [4.69, 9.17) is 11.5 Å². The second-order valence-electron chi connectivity index (χ2n) is 2.74. The molecule has 0 atom stereocenters. The first-order valence-electron chi connectivity index (χ1n) is 3.79. The van der Waals surface area contributed by atoms with Gasteiger partial charge in [0, 0.05) is 5.69 Å². The molecule has 0 aliphatic heterocycles. The van der Waals surface area contributed by atoms with Gasteiger partial charge in [0.2, 0.25) is 0 Å². The number of nitrogen functional groups attached to an aromatic ring is 1. The van der Waals surface area contributed by atoms with Crippen LogP contribution >= 0.6 is 0 Å². The second kappa shape index (κ2) is 3.39. The molecule has 2 nitrogen and oxygen atoms in total. The average molecular weight is 150 g/mol. The van der Waals surface area contributed by atoms with E-state index >= 15 is 0 Å². The Morgan fingerprint density at radius 2 is 2.09 bits per heavy atom. The van der Waals surface area contributed by atoms with Gasteiger partial charge >= 0.3 is 0 Å². The molecule has 0 unspecified atom stereocenters. The highest BCUT2D eigenvalue weighted by atomic mass is 14.6. The lowest BCUT2D eigenvalue weighted by Crippen LogP contribution is -2.05. The fourth-order valence-corrected chi connectivity index (χ4v) is 1.10. The third-order valence-electron chi connectivity index (χ3n) is 1.72. The highest BCUT2D eigenvalue weighted by molar-refractivity contribution is 5.48. The molecule has 0 saturated carbocycles. The average Bonchev–Trinajstić information content (AvgIpc) is 1.95. The quantitative estimate of drug-likeness (QED) is 0.620. The van der Waals surface area contributed by atoms with Crippen LogP contribution < -0.4 is 11.5 Å². The second-order valence-corrected chi connectivity index (χ2v) is 2.74. The molecule has 0 bridgehead atoms. The van der Waals surface area contributed by atoms with Crippen molar-refractivity contribution < 1.29 is 0 Å². The monoisotopic (exact) mass is 150 g/mol. The zero-order valence-electron chi connectivity index (χ0n) is 6.80. The molecular formula is C9H14N2. The number of rotatable bonds is 2. The first kappa shape index (κ1) is 8.08. The van der Waals surface area contributed by atoms with Crippen LogP contribution in [0.15, 0.2) is 18.2 Å². The summed E-state index contributed by atoms with van der Waals surface area (Å²) in [7, 11) is 0. The van der Waals surface area contributed by atoms with Crippen LogP contribution in [-0.4, -0.2) is 6.54 Å². The summed E-state index contributed by atoms with van der Waals surface area (Å²) in [5.74, 6) is 0. The number of aryl methyl sites for hydroxylation is 1. The fraction of sp³-hybridized carbons (Fsp3) is 0.333. The molecule has 60 valence electrons. The fourth-order valence-electron chi connectivity index (χ4n) is 1.10. The van der Waals surface area contributed by atoms with Crippen LogP contribution in [0.25, 0.3) is 0 Å². The smallest absolute Gasteiger partial charge is 0.0349 e. The van der Waals surface area contributed by atoms with Crippen molar-refractivity contribution in [1.82, 2.24) is 0 Å². The molecule has 0 saturated heterocycles. The summed E-state index contributed by atoms with van der Waals surface area (Å²) in [6.07, 6.45) is 0.867. The van der Waals surface area contributed by atoms with Gasteiger partial charge < -0.3 is 11.5 Å². The molecule has 1 aromatic rings. The summed E-state index contributed by atoms with van der Waals surface area (Å²) in [6, 6.07) is 6.07. The van der Waals surface area contributed by atoms with Gasteiger partial charge in [-0.15, -0.1) is 0 Å². The van der Waals surface area contributed by atoms with Crippen LogP contribution in [0.4, 0.5) is 5.69 Å². The summed E-state index contributed by atoms with van der Waals surface area (Å²) < 4.78 is 0. The SMILES string of the molecule is Cc1ccc(CCN)c(N)c1. The molecule has 1 rings (SSSR count). The molecule has 1 aromatic carbocycles. The van der Waals surface area contributed by atoms with Gasteiger partial charge in [-0.25, -0.2) is 0 Å². The van der Waals surface area contributed by atoms with Crippen LogP contribution in [0, 0.1) is 6.92 Å². The lowest BCUT2D eigenvalue weighted by molar-refractivity contribution is 0.970.